The van der Waals surface area contributed by atoms with Gasteiger partial charge in [-0.25, -0.2) is 13.1 Å². The molecule has 1 aromatic heterocycles. The van der Waals surface area contributed by atoms with E-state index in [-0.39, 0.29) is 17.4 Å². The number of nitrogens with one attached hydrogen (secondary N) is 1. The number of furan rings is 1. The van der Waals surface area contributed by atoms with Crippen LogP contribution in [0.5, 0.6) is 11.5 Å². The second kappa shape index (κ2) is 6.51. The van der Waals surface area contributed by atoms with Crippen LogP contribution >= 0.6 is 11.6 Å². The first-order chi connectivity index (χ1) is 10.7. The zero-order valence-electron chi connectivity index (χ0n) is 12.3. The highest BCUT2D eigenvalue weighted by Crippen LogP contribution is 2.46. The lowest BCUT2D eigenvalue weighted by Crippen LogP contribution is -2.15. The van der Waals surface area contributed by atoms with E-state index < -0.39 is 27.5 Å². The van der Waals surface area contributed by atoms with Crippen molar-refractivity contribution >= 4 is 33.5 Å². The molecule has 0 radical (unpaired) electrons. The van der Waals surface area contributed by atoms with Gasteiger partial charge in [-0.2, -0.15) is 0 Å². The summed E-state index contributed by atoms with van der Waals surface area (Å²) in [7, 11) is -3.70. The molecule has 0 bridgehead atoms. The van der Waals surface area contributed by atoms with E-state index in [9.17, 15) is 18.3 Å². The quantitative estimate of drug-likeness (QED) is 0.795. The lowest BCUT2D eigenvalue weighted by Gasteiger charge is -2.04. The van der Waals surface area contributed by atoms with Gasteiger partial charge in [0.1, 0.15) is 0 Å². The molecule has 0 saturated carbocycles. The minimum atomic E-state index is -3.70. The summed E-state index contributed by atoms with van der Waals surface area (Å²) >= 11 is 5.89. The molecule has 0 aliphatic heterocycles. The predicted molar refractivity (Wildman–Crippen MR) is 85.2 cm³/mol. The van der Waals surface area contributed by atoms with Gasteiger partial charge < -0.3 is 14.3 Å². The maximum atomic E-state index is 11.7. The number of ether oxygens (including phenoxy) is 1. The average Bonchev–Trinajstić information content (AvgIpc) is 2.75. The topological polar surface area (TPSA) is 106 Å². The molecular formula is C14H14ClNO6S. The first-order valence-electron chi connectivity index (χ1n) is 6.54. The van der Waals surface area contributed by atoms with Crippen molar-refractivity contribution in [2.45, 2.75) is 13.8 Å². The average molecular weight is 360 g/mol. The summed E-state index contributed by atoms with van der Waals surface area (Å²) in [4.78, 5) is 11.2. The minimum Gasteiger partial charge on any atom is -0.502 e. The van der Waals surface area contributed by atoms with Crippen LogP contribution < -0.4 is 9.46 Å². The van der Waals surface area contributed by atoms with E-state index in [1.165, 1.54) is 13.0 Å². The molecule has 23 heavy (non-hydrogen) atoms. The summed E-state index contributed by atoms with van der Waals surface area (Å²) in [6, 6.07) is 6.36. The zero-order valence-corrected chi connectivity index (χ0v) is 13.9. The molecule has 1 aromatic carbocycles. The van der Waals surface area contributed by atoms with Crippen LogP contribution in [0.2, 0.25) is 5.02 Å². The van der Waals surface area contributed by atoms with E-state index >= 15 is 0 Å². The summed E-state index contributed by atoms with van der Waals surface area (Å²) in [6.07, 6.45) is 0. The van der Waals surface area contributed by atoms with Gasteiger partial charge in [0.25, 0.3) is 5.88 Å². The highest BCUT2D eigenvalue weighted by Gasteiger charge is 2.26. The van der Waals surface area contributed by atoms with Gasteiger partial charge in [0.15, 0.2) is 5.76 Å². The largest absolute Gasteiger partial charge is 0.502 e. The van der Waals surface area contributed by atoms with Gasteiger partial charge in [-0.15, -0.1) is 0 Å². The van der Waals surface area contributed by atoms with Gasteiger partial charge in [0.05, 0.1) is 5.75 Å². The van der Waals surface area contributed by atoms with E-state index in [0.717, 1.165) is 6.92 Å². The van der Waals surface area contributed by atoms with Crippen LogP contribution in [0.15, 0.2) is 28.7 Å². The Kier molecular flexibility index (Phi) is 4.86. The Labute approximate surface area is 137 Å². The molecule has 0 atom stereocenters. The van der Waals surface area contributed by atoms with Gasteiger partial charge in [-0.1, -0.05) is 23.7 Å². The Hall–Kier alpha value is -2.19. The smallest absolute Gasteiger partial charge is 0.308 e. The second-order valence-electron chi connectivity index (χ2n) is 4.55. The number of halogens is 1. The fraction of sp³-hybridized carbons (Fsp3) is 0.214. The molecule has 9 heteroatoms. The van der Waals surface area contributed by atoms with Crippen molar-refractivity contribution in [2.24, 2.45) is 0 Å². The summed E-state index contributed by atoms with van der Waals surface area (Å²) in [6.45, 7) is 2.54. The van der Waals surface area contributed by atoms with Crippen molar-refractivity contribution in [3.05, 3.63) is 29.3 Å². The van der Waals surface area contributed by atoms with Crippen molar-refractivity contribution < 1.29 is 27.5 Å². The minimum absolute atomic E-state index is 0.0717. The van der Waals surface area contributed by atoms with Gasteiger partial charge in [-0.3, -0.25) is 4.79 Å². The third-order valence-corrected chi connectivity index (χ3v) is 4.29. The van der Waals surface area contributed by atoms with Crippen LogP contribution in [0.25, 0.3) is 11.3 Å². The van der Waals surface area contributed by atoms with E-state index in [2.05, 4.69) is 4.72 Å². The molecule has 2 aromatic rings. The SMILES string of the molecule is CCS(=O)(=O)Nc1oc(-c2cccc(Cl)c2)c(O)c1OC(C)=O. The van der Waals surface area contributed by atoms with Crippen LogP contribution in [0.4, 0.5) is 5.88 Å². The number of anilines is 1. The number of aromatic hydroxyl groups is 1. The summed E-state index contributed by atoms with van der Waals surface area (Å²) in [5.41, 5.74) is 0.394. The van der Waals surface area contributed by atoms with E-state index in [1.807, 2.05) is 0 Å². The Morgan fingerprint density at radius 3 is 2.70 bits per heavy atom. The number of rotatable bonds is 5. The Morgan fingerprint density at radius 1 is 1.43 bits per heavy atom. The number of hydrogen-bond acceptors (Lipinski definition) is 6. The van der Waals surface area contributed by atoms with Crippen molar-refractivity contribution in [3.8, 4) is 22.8 Å². The molecule has 7 nitrogen and oxygen atoms in total. The maximum absolute atomic E-state index is 11.7. The van der Waals surface area contributed by atoms with E-state index in [0.29, 0.717) is 10.6 Å². The van der Waals surface area contributed by atoms with Crippen LogP contribution in [-0.4, -0.2) is 25.2 Å². The lowest BCUT2D eigenvalue weighted by molar-refractivity contribution is -0.131. The Bertz CT molecular complexity index is 843. The highest BCUT2D eigenvalue weighted by atomic mass is 35.5. The van der Waals surface area contributed by atoms with Crippen LogP contribution in [-0.2, 0) is 14.8 Å². The number of sulfonamides is 1. The molecular weight excluding hydrogens is 346 g/mol. The maximum Gasteiger partial charge on any atom is 0.308 e. The standard InChI is InChI=1S/C14H14ClNO6S/c1-3-23(19,20)16-14-13(21-8(2)17)11(18)12(22-14)9-5-4-6-10(15)7-9/h4-7,16,18H,3H2,1-2H3. The third kappa shape index (κ3) is 3.96. The summed E-state index contributed by atoms with van der Waals surface area (Å²) in [5.74, 6) is -2.32. The molecule has 0 aliphatic rings. The summed E-state index contributed by atoms with van der Waals surface area (Å²) in [5, 5.41) is 10.6. The molecule has 0 spiro atoms. The van der Waals surface area contributed by atoms with Crippen molar-refractivity contribution in [1.82, 2.24) is 0 Å². The van der Waals surface area contributed by atoms with Crippen LogP contribution in [0.3, 0.4) is 0 Å². The fourth-order valence-corrected chi connectivity index (χ4v) is 2.50. The van der Waals surface area contributed by atoms with Gasteiger partial charge in [0, 0.05) is 17.5 Å². The number of benzene rings is 1. The number of carbonyl (C=O) groups is 1. The van der Waals surface area contributed by atoms with Gasteiger partial charge in [0.2, 0.25) is 21.5 Å². The number of esters is 1. The van der Waals surface area contributed by atoms with Crippen molar-refractivity contribution in [1.29, 1.82) is 0 Å². The number of carbonyl (C=O) groups excluding carboxylic acids is 1. The van der Waals surface area contributed by atoms with Gasteiger partial charge >= 0.3 is 5.97 Å². The molecule has 2 rings (SSSR count). The molecule has 1 heterocycles. The molecule has 0 unspecified atom stereocenters. The first kappa shape index (κ1) is 17.2. The molecule has 2 N–H and O–H groups in total. The Balaban J connectivity index is 2.57. The predicted octanol–water partition coefficient (Wildman–Crippen LogP) is 2.99. The van der Waals surface area contributed by atoms with Crippen molar-refractivity contribution in [2.75, 3.05) is 10.5 Å². The summed E-state index contributed by atoms with van der Waals surface area (Å²) < 4.78 is 35.7. The first-order valence-corrected chi connectivity index (χ1v) is 8.57. The van der Waals surface area contributed by atoms with Crippen LogP contribution in [0, 0.1) is 0 Å². The Morgan fingerprint density at radius 2 is 2.13 bits per heavy atom. The van der Waals surface area contributed by atoms with E-state index in [1.54, 1.807) is 18.2 Å². The molecule has 0 saturated heterocycles. The second-order valence-corrected chi connectivity index (χ2v) is 6.99. The normalized spacial score (nSPS) is 11.3. The zero-order chi connectivity index (χ0) is 17.2. The third-order valence-electron chi connectivity index (χ3n) is 2.80. The lowest BCUT2D eigenvalue weighted by atomic mass is 10.1. The highest BCUT2D eigenvalue weighted by molar-refractivity contribution is 7.92. The molecule has 124 valence electrons. The fourth-order valence-electron chi connectivity index (χ4n) is 1.75. The van der Waals surface area contributed by atoms with Crippen LogP contribution in [0.1, 0.15) is 13.8 Å². The molecule has 0 fully saturated rings. The van der Waals surface area contributed by atoms with Crippen molar-refractivity contribution in [3.63, 3.8) is 0 Å². The molecule has 0 aliphatic carbocycles. The van der Waals surface area contributed by atoms with Gasteiger partial charge in [-0.05, 0) is 19.1 Å². The monoisotopic (exact) mass is 359 g/mol. The van der Waals surface area contributed by atoms with E-state index in [4.69, 9.17) is 20.8 Å². The number of hydrogen-bond donors (Lipinski definition) is 2. The molecule has 0 amide bonds.